The molecule has 35 heavy (non-hydrogen) atoms. The second-order valence-electron chi connectivity index (χ2n) is 11.5. The number of rotatable bonds is 5. The predicted octanol–water partition coefficient (Wildman–Crippen LogP) is 3.99. The number of amides is 2. The fourth-order valence-corrected chi connectivity index (χ4v) is 7.64. The van der Waals surface area contributed by atoms with Gasteiger partial charge in [0.25, 0.3) is 5.91 Å². The normalized spacial score (nSPS) is 31.4. The van der Waals surface area contributed by atoms with Gasteiger partial charge in [0.1, 0.15) is 0 Å². The molecule has 5 fully saturated rings. The molecule has 1 aromatic rings. The highest BCUT2D eigenvalue weighted by Crippen LogP contribution is 2.66. The molecule has 190 valence electrons. The van der Waals surface area contributed by atoms with E-state index in [4.69, 9.17) is 9.47 Å². The Morgan fingerprint density at radius 1 is 0.914 bits per heavy atom. The van der Waals surface area contributed by atoms with E-state index in [2.05, 4.69) is 32.0 Å². The fourth-order valence-electron chi connectivity index (χ4n) is 7.64. The minimum absolute atomic E-state index is 0.0506. The lowest BCUT2D eigenvalue weighted by molar-refractivity contribution is -0.177. The van der Waals surface area contributed by atoms with Crippen LogP contribution >= 0.6 is 0 Å². The standard InChI is InChI=1S/C28H38N2O5/c1-4-34-26(33)30-9-7-29(8-10-30)24(31)17-35-25(32)28-15-21-12-22(16-28)14-27(13-21,18-28)23-6-5-19(2)20(3)11-23/h5-6,11,21-22H,4,7-10,12-18H2,1-3H3/t21-,22-,27?,28?/m0/s1. The van der Waals surface area contributed by atoms with Crippen molar-refractivity contribution >= 4 is 18.0 Å². The van der Waals surface area contributed by atoms with Gasteiger partial charge in [0, 0.05) is 26.2 Å². The van der Waals surface area contributed by atoms with Crippen LogP contribution in [0, 0.1) is 31.1 Å². The first-order chi connectivity index (χ1) is 16.7. The van der Waals surface area contributed by atoms with Gasteiger partial charge < -0.3 is 19.3 Å². The number of ether oxygens (including phenoxy) is 2. The number of hydrogen-bond acceptors (Lipinski definition) is 5. The number of carbonyl (C=O) groups is 3. The van der Waals surface area contributed by atoms with Crippen LogP contribution < -0.4 is 0 Å². The number of piperazine rings is 1. The summed E-state index contributed by atoms with van der Waals surface area (Å²) in [5, 5.41) is 0. The van der Waals surface area contributed by atoms with Gasteiger partial charge in [0.05, 0.1) is 12.0 Å². The van der Waals surface area contributed by atoms with Gasteiger partial charge in [-0.3, -0.25) is 9.59 Å². The Balaban J connectivity index is 1.22. The van der Waals surface area contributed by atoms with Crippen molar-refractivity contribution in [3.63, 3.8) is 0 Å². The minimum atomic E-state index is -0.467. The smallest absolute Gasteiger partial charge is 0.409 e. The summed E-state index contributed by atoms with van der Waals surface area (Å²) in [6.45, 7) is 7.94. The molecule has 0 radical (unpaired) electrons. The Hall–Kier alpha value is -2.57. The summed E-state index contributed by atoms with van der Waals surface area (Å²) in [4.78, 5) is 41.5. The van der Waals surface area contributed by atoms with E-state index in [9.17, 15) is 14.4 Å². The van der Waals surface area contributed by atoms with Crippen molar-refractivity contribution in [3.8, 4) is 0 Å². The second kappa shape index (κ2) is 9.14. The molecule has 4 saturated carbocycles. The van der Waals surface area contributed by atoms with E-state index in [-0.39, 0.29) is 30.0 Å². The van der Waals surface area contributed by atoms with Gasteiger partial charge in [-0.2, -0.15) is 0 Å². The molecule has 1 saturated heterocycles. The maximum atomic E-state index is 13.5. The predicted molar refractivity (Wildman–Crippen MR) is 131 cm³/mol. The lowest BCUT2D eigenvalue weighted by atomic mass is 9.43. The lowest BCUT2D eigenvalue weighted by Gasteiger charge is -2.61. The number of esters is 1. The zero-order chi connectivity index (χ0) is 24.8. The number of carbonyl (C=O) groups excluding carboxylic acids is 3. The van der Waals surface area contributed by atoms with Crippen molar-refractivity contribution in [2.24, 2.45) is 17.3 Å². The number of nitrogens with zero attached hydrogens (tertiary/aromatic N) is 2. The SMILES string of the molecule is CCOC(=O)N1CCN(C(=O)COC(=O)C23C[C@H]4C[C@H](C2)CC(c2ccc(C)c(C)c2)(C4)C3)CC1. The molecular formula is C28H38N2O5. The van der Waals surface area contributed by atoms with Crippen molar-refractivity contribution in [3.05, 3.63) is 34.9 Å². The summed E-state index contributed by atoms with van der Waals surface area (Å²) in [6, 6.07) is 6.82. The van der Waals surface area contributed by atoms with Crippen LogP contribution in [-0.2, 0) is 24.5 Å². The van der Waals surface area contributed by atoms with E-state index < -0.39 is 5.41 Å². The quantitative estimate of drug-likeness (QED) is 0.594. The van der Waals surface area contributed by atoms with E-state index in [0.29, 0.717) is 44.6 Å². The molecule has 6 rings (SSSR count). The van der Waals surface area contributed by atoms with E-state index in [1.54, 1.807) is 16.7 Å². The van der Waals surface area contributed by atoms with Gasteiger partial charge >= 0.3 is 12.1 Å². The summed E-state index contributed by atoms with van der Waals surface area (Å²) in [6.07, 6.45) is 5.80. The fraction of sp³-hybridized carbons (Fsp3) is 0.679. The topological polar surface area (TPSA) is 76.2 Å². The van der Waals surface area contributed by atoms with Crippen molar-refractivity contribution in [2.45, 2.75) is 64.7 Å². The highest BCUT2D eigenvalue weighted by Gasteiger charge is 2.61. The minimum Gasteiger partial charge on any atom is -0.455 e. The van der Waals surface area contributed by atoms with E-state index in [1.165, 1.54) is 23.1 Å². The maximum Gasteiger partial charge on any atom is 0.409 e. The first kappa shape index (κ1) is 24.1. The van der Waals surface area contributed by atoms with Gasteiger partial charge in [-0.15, -0.1) is 0 Å². The van der Waals surface area contributed by atoms with Gasteiger partial charge in [-0.25, -0.2) is 4.79 Å². The number of aryl methyl sites for hydroxylation is 2. The van der Waals surface area contributed by atoms with Gasteiger partial charge in [-0.05, 0) is 93.2 Å². The Labute approximate surface area is 208 Å². The molecule has 7 heteroatoms. The summed E-state index contributed by atoms with van der Waals surface area (Å²) < 4.78 is 10.8. The lowest BCUT2D eigenvalue weighted by Crippen LogP contribution is -2.57. The Bertz CT molecular complexity index is 999. The Morgan fingerprint density at radius 2 is 1.57 bits per heavy atom. The van der Waals surface area contributed by atoms with Crippen LogP contribution in [0.25, 0.3) is 0 Å². The molecule has 1 aliphatic heterocycles. The highest BCUT2D eigenvalue weighted by molar-refractivity contribution is 5.83. The molecule has 2 atom stereocenters. The van der Waals surface area contributed by atoms with Gasteiger partial charge in [0.2, 0.25) is 0 Å². The zero-order valence-corrected chi connectivity index (χ0v) is 21.3. The van der Waals surface area contributed by atoms with Crippen LogP contribution in [0.1, 0.15) is 62.1 Å². The molecule has 0 aromatic heterocycles. The molecule has 5 aliphatic rings. The average Bonchev–Trinajstić information content (AvgIpc) is 2.83. The Kier molecular flexibility index (Phi) is 6.30. The molecule has 0 N–H and O–H groups in total. The first-order valence-electron chi connectivity index (χ1n) is 13.2. The molecule has 1 heterocycles. The Morgan fingerprint density at radius 3 is 2.20 bits per heavy atom. The van der Waals surface area contributed by atoms with Crippen LogP contribution in [0.5, 0.6) is 0 Å². The number of benzene rings is 1. The summed E-state index contributed by atoms with van der Waals surface area (Å²) >= 11 is 0. The van der Waals surface area contributed by atoms with Crippen molar-refractivity contribution in [2.75, 3.05) is 39.4 Å². The molecule has 7 nitrogen and oxygen atoms in total. The molecular weight excluding hydrogens is 444 g/mol. The third-order valence-electron chi connectivity index (χ3n) is 9.10. The van der Waals surface area contributed by atoms with Gasteiger partial charge in [0.15, 0.2) is 6.61 Å². The largest absolute Gasteiger partial charge is 0.455 e. The van der Waals surface area contributed by atoms with Crippen LogP contribution in [0.2, 0.25) is 0 Å². The highest BCUT2D eigenvalue weighted by atomic mass is 16.6. The molecule has 4 aliphatic carbocycles. The van der Waals surface area contributed by atoms with Crippen LogP contribution in [0.3, 0.4) is 0 Å². The van der Waals surface area contributed by atoms with E-state index >= 15 is 0 Å². The van der Waals surface area contributed by atoms with E-state index in [1.807, 2.05) is 0 Å². The van der Waals surface area contributed by atoms with Crippen molar-refractivity contribution in [1.82, 2.24) is 9.80 Å². The molecule has 0 spiro atoms. The monoisotopic (exact) mass is 482 g/mol. The summed E-state index contributed by atoms with van der Waals surface area (Å²) in [5.74, 6) is 0.739. The molecule has 1 aromatic carbocycles. The van der Waals surface area contributed by atoms with Gasteiger partial charge in [-0.1, -0.05) is 18.2 Å². The zero-order valence-electron chi connectivity index (χ0n) is 21.3. The summed E-state index contributed by atoms with van der Waals surface area (Å²) in [5.41, 5.74) is 3.57. The third-order valence-corrected chi connectivity index (χ3v) is 9.10. The summed E-state index contributed by atoms with van der Waals surface area (Å²) in [7, 11) is 0. The second-order valence-corrected chi connectivity index (χ2v) is 11.5. The molecule has 0 unspecified atom stereocenters. The molecule has 2 amide bonds. The maximum absolute atomic E-state index is 13.5. The number of hydrogen-bond donors (Lipinski definition) is 0. The van der Waals surface area contributed by atoms with Crippen LogP contribution in [0.4, 0.5) is 4.79 Å². The van der Waals surface area contributed by atoms with E-state index in [0.717, 1.165) is 32.1 Å². The van der Waals surface area contributed by atoms with Crippen molar-refractivity contribution in [1.29, 1.82) is 0 Å². The third kappa shape index (κ3) is 4.43. The molecule has 4 bridgehead atoms. The van der Waals surface area contributed by atoms with Crippen LogP contribution in [0.15, 0.2) is 18.2 Å². The average molecular weight is 483 g/mol. The van der Waals surface area contributed by atoms with Crippen LogP contribution in [-0.4, -0.2) is 67.2 Å². The van der Waals surface area contributed by atoms with Crippen molar-refractivity contribution < 1.29 is 23.9 Å². The first-order valence-corrected chi connectivity index (χ1v) is 13.2.